The molecule has 0 bridgehead atoms. The Kier molecular flexibility index (Phi) is 6.28. The molecule has 0 amide bonds. The number of ether oxygens (including phenoxy) is 1. The molecule has 0 atom stereocenters. The lowest BCUT2D eigenvalue weighted by Gasteiger charge is -2.10. The number of rotatable bonds is 7. The van der Waals surface area contributed by atoms with E-state index in [0.29, 0.717) is 17.9 Å². The fraction of sp³-hybridized carbons (Fsp3) is 0.211. The van der Waals surface area contributed by atoms with Gasteiger partial charge in [0.1, 0.15) is 5.75 Å². The molecule has 0 aromatic heterocycles. The maximum absolute atomic E-state index is 11.7. The molecule has 0 saturated carbocycles. The molecule has 22 heavy (non-hydrogen) atoms. The molecule has 0 spiro atoms. The SMILES string of the molecule is C=CCCc1ccc(-c2ccccc2OC(=O)CCS)cc1. The molecule has 0 unspecified atom stereocenters. The Labute approximate surface area is 137 Å². The van der Waals surface area contributed by atoms with Gasteiger partial charge in [0.15, 0.2) is 0 Å². The van der Waals surface area contributed by atoms with E-state index in [1.165, 1.54) is 5.56 Å². The lowest BCUT2D eigenvalue weighted by Crippen LogP contribution is -2.08. The Hall–Kier alpha value is -2.00. The van der Waals surface area contributed by atoms with E-state index < -0.39 is 0 Å². The number of thiol groups is 1. The van der Waals surface area contributed by atoms with Crippen LogP contribution in [0.5, 0.6) is 5.75 Å². The van der Waals surface area contributed by atoms with Crippen LogP contribution in [0, 0.1) is 0 Å². The molecule has 0 aliphatic rings. The second-order valence-corrected chi connectivity index (χ2v) is 5.42. The molecule has 0 radical (unpaired) electrons. The minimum absolute atomic E-state index is 0.259. The third-order valence-electron chi connectivity index (χ3n) is 3.33. The van der Waals surface area contributed by atoms with Crippen molar-refractivity contribution in [2.75, 3.05) is 5.75 Å². The summed E-state index contributed by atoms with van der Waals surface area (Å²) in [6, 6.07) is 15.9. The van der Waals surface area contributed by atoms with Crippen LogP contribution in [0.1, 0.15) is 18.4 Å². The molecule has 0 saturated heterocycles. The van der Waals surface area contributed by atoms with Crippen LogP contribution in [0.3, 0.4) is 0 Å². The van der Waals surface area contributed by atoms with Crippen LogP contribution in [0.25, 0.3) is 11.1 Å². The molecule has 0 N–H and O–H groups in total. The standard InChI is InChI=1S/C19H20O2S/c1-2-3-6-15-9-11-16(12-10-15)17-7-4-5-8-18(17)21-19(20)13-14-22/h2,4-5,7-12,22H,1,3,6,13-14H2. The molecule has 0 aliphatic heterocycles. The highest BCUT2D eigenvalue weighted by Gasteiger charge is 2.10. The zero-order chi connectivity index (χ0) is 15.8. The highest BCUT2D eigenvalue weighted by molar-refractivity contribution is 7.80. The summed E-state index contributed by atoms with van der Waals surface area (Å²) in [5, 5.41) is 0. The van der Waals surface area contributed by atoms with E-state index >= 15 is 0 Å². The zero-order valence-corrected chi connectivity index (χ0v) is 13.4. The fourth-order valence-electron chi connectivity index (χ4n) is 2.18. The van der Waals surface area contributed by atoms with Crippen molar-refractivity contribution in [3.63, 3.8) is 0 Å². The van der Waals surface area contributed by atoms with Gasteiger partial charge < -0.3 is 4.74 Å². The van der Waals surface area contributed by atoms with Crippen LogP contribution < -0.4 is 4.74 Å². The van der Waals surface area contributed by atoms with Crippen LogP contribution in [0.15, 0.2) is 61.2 Å². The van der Waals surface area contributed by atoms with Gasteiger partial charge >= 0.3 is 5.97 Å². The molecule has 2 rings (SSSR count). The van der Waals surface area contributed by atoms with Gasteiger partial charge in [0.05, 0.1) is 6.42 Å². The topological polar surface area (TPSA) is 26.3 Å². The second-order valence-electron chi connectivity index (χ2n) is 4.97. The van der Waals surface area contributed by atoms with E-state index in [0.717, 1.165) is 24.0 Å². The van der Waals surface area contributed by atoms with Crippen LogP contribution in [0.4, 0.5) is 0 Å². The van der Waals surface area contributed by atoms with E-state index in [1.54, 1.807) is 0 Å². The van der Waals surface area contributed by atoms with E-state index in [9.17, 15) is 4.79 Å². The third kappa shape index (κ3) is 4.50. The van der Waals surface area contributed by atoms with Gasteiger partial charge in [0.25, 0.3) is 0 Å². The van der Waals surface area contributed by atoms with Gasteiger partial charge in [-0.1, -0.05) is 48.5 Å². The number of benzene rings is 2. The summed E-state index contributed by atoms with van der Waals surface area (Å²) in [4.78, 5) is 11.7. The van der Waals surface area contributed by atoms with Gasteiger partial charge in [0.2, 0.25) is 0 Å². The second kappa shape index (κ2) is 8.44. The Bertz CT molecular complexity index is 632. The van der Waals surface area contributed by atoms with Gasteiger partial charge in [-0.05, 0) is 30.0 Å². The van der Waals surface area contributed by atoms with Crippen LogP contribution in [0.2, 0.25) is 0 Å². The van der Waals surface area contributed by atoms with Crippen molar-refractivity contribution in [3.05, 3.63) is 66.7 Å². The molecule has 0 aliphatic carbocycles. The first-order chi connectivity index (χ1) is 10.7. The monoisotopic (exact) mass is 312 g/mol. The minimum Gasteiger partial charge on any atom is -0.426 e. The summed E-state index contributed by atoms with van der Waals surface area (Å²) in [5.74, 6) is 0.817. The van der Waals surface area contributed by atoms with Gasteiger partial charge in [-0.3, -0.25) is 4.79 Å². The maximum atomic E-state index is 11.7. The number of esters is 1. The fourth-order valence-corrected chi connectivity index (χ4v) is 2.36. The highest BCUT2D eigenvalue weighted by atomic mass is 32.1. The Balaban J connectivity index is 2.21. The molecule has 2 aromatic rings. The molecule has 0 fully saturated rings. The van der Waals surface area contributed by atoms with Crippen LogP contribution >= 0.6 is 12.6 Å². The summed E-state index contributed by atoms with van der Waals surface area (Å²) in [6.07, 6.45) is 4.18. The predicted octanol–water partition coefficient (Wildman–Crippen LogP) is 4.70. The van der Waals surface area contributed by atoms with E-state index in [1.807, 2.05) is 30.3 Å². The van der Waals surface area contributed by atoms with Gasteiger partial charge in [-0.15, -0.1) is 6.58 Å². The summed E-state index contributed by atoms with van der Waals surface area (Å²) in [5.41, 5.74) is 3.23. The highest BCUT2D eigenvalue weighted by Crippen LogP contribution is 2.30. The van der Waals surface area contributed by atoms with Crippen molar-refractivity contribution in [2.45, 2.75) is 19.3 Å². The smallest absolute Gasteiger partial charge is 0.312 e. The quantitative estimate of drug-likeness (QED) is 0.347. The summed E-state index contributed by atoms with van der Waals surface area (Å²) in [7, 11) is 0. The lowest BCUT2D eigenvalue weighted by molar-refractivity contribution is -0.133. The number of carbonyl (C=O) groups excluding carboxylic acids is 1. The van der Waals surface area contributed by atoms with Gasteiger partial charge in [-0.2, -0.15) is 12.6 Å². The van der Waals surface area contributed by atoms with Crippen molar-refractivity contribution in [3.8, 4) is 16.9 Å². The molecule has 0 heterocycles. The zero-order valence-electron chi connectivity index (χ0n) is 12.5. The van der Waals surface area contributed by atoms with Gasteiger partial charge in [0, 0.05) is 11.3 Å². The molecule has 114 valence electrons. The van der Waals surface area contributed by atoms with Crippen molar-refractivity contribution in [1.82, 2.24) is 0 Å². The maximum Gasteiger partial charge on any atom is 0.312 e. The number of hydrogen-bond acceptors (Lipinski definition) is 3. The van der Waals surface area contributed by atoms with Gasteiger partial charge in [-0.25, -0.2) is 0 Å². The summed E-state index contributed by atoms with van der Waals surface area (Å²) < 4.78 is 5.43. The van der Waals surface area contributed by atoms with E-state index in [2.05, 4.69) is 43.5 Å². The number of aryl methyl sites for hydroxylation is 1. The minimum atomic E-state index is -0.259. The Morgan fingerprint density at radius 2 is 1.86 bits per heavy atom. The summed E-state index contributed by atoms with van der Waals surface area (Å²) in [6.45, 7) is 3.74. The first-order valence-corrected chi connectivity index (χ1v) is 7.98. The third-order valence-corrected chi connectivity index (χ3v) is 3.55. The van der Waals surface area contributed by atoms with Crippen molar-refractivity contribution in [2.24, 2.45) is 0 Å². The molecular weight excluding hydrogens is 292 g/mol. The van der Waals surface area contributed by atoms with Crippen LogP contribution in [-0.2, 0) is 11.2 Å². The normalized spacial score (nSPS) is 10.2. The van der Waals surface area contributed by atoms with Crippen molar-refractivity contribution in [1.29, 1.82) is 0 Å². The predicted molar refractivity (Wildman–Crippen MR) is 94.5 cm³/mol. The molecular formula is C19H20O2S. The molecule has 2 aromatic carbocycles. The molecule has 3 heteroatoms. The average Bonchev–Trinajstić information content (AvgIpc) is 2.54. The Morgan fingerprint density at radius 3 is 2.55 bits per heavy atom. The lowest BCUT2D eigenvalue weighted by atomic mass is 10.0. The number of carbonyl (C=O) groups is 1. The largest absolute Gasteiger partial charge is 0.426 e. The number of allylic oxidation sites excluding steroid dienone is 1. The first-order valence-electron chi connectivity index (χ1n) is 7.35. The number of hydrogen-bond donors (Lipinski definition) is 1. The Morgan fingerprint density at radius 1 is 1.14 bits per heavy atom. The van der Waals surface area contributed by atoms with E-state index in [-0.39, 0.29) is 5.97 Å². The molecule has 2 nitrogen and oxygen atoms in total. The van der Waals surface area contributed by atoms with Crippen molar-refractivity contribution < 1.29 is 9.53 Å². The van der Waals surface area contributed by atoms with E-state index in [4.69, 9.17) is 4.74 Å². The van der Waals surface area contributed by atoms with Crippen molar-refractivity contribution >= 4 is 18.6 Å². The summed E-state index contributed by atoms with van der Waals surface area (Å²) >= 11 is 4.05. The van der Waals surface area contributed by atoms with Crippen LogP contribution in [-0.4, -0.2) is 11.7 Å². The average molecular weight is 312 g/mol. The number of para-hydroxylation sites is 1. The first kappa shape index (κ1) is 16.4.